The number of rotatable bonds is 5. The number of hydrogen-bond acceptors (Lipinski definition) is 7. The molecule has 0 amide bonds. The molecule has 8 heteroatoms. The van der Waals surface area contributed by atoms with E-state index in [1.807, 2.05) is 6.92 Å². The molecule has 0 aromatic carbocycles. The van der Waals surface area contributed by atoms with Crippen LogP contribution in [0.15, 0.2) is 6.33 Å². The number of nitrogens with zero attached hydrogens (tertiary/aromatic N) is 4. The Bertz CT molecular complexity index is 582. The van der Waals surface area contributed by atoms with Crippen molar-refractivity contribution in [2.75, 3.05) is 30.8 Å². The van der Waals surface area contributed by atoms with Crippen LogP contribution in [0.1, 0.15) is 13.3 Å². The molecule has 0 aliphatic heterocycles. The smallest absolute Gasteiger partial charge is 0.325 e. The molecule has 2 heterocycles. The van der Waals surface area contributed by atoms with Gasteiger partial charge in [-0.3, -0.25) is 4.79 Å². The largest absolute Gasteiger partial charge is 0.468 e. The second-order valence-electron chi connectivity index (χ2n) is 4.00. The molecule has 102 valence electrons. The van der Waals surface area contributed by atoms with E-state index in [1.54, 1.807) is 4.90 Å². The van der Waals surface area contributed by atoms with Gasteiger partial charge < -0.3 is 20.4 Å². The average Bonchev–Trinajstić information content (AvgIpc) is 2.85. The zero-order valence-electron chi connectivity index (χ0n) is 10.9. The Hall–Kier alpha value is -2.38. The lowest BCUT2D eigenvalue weighted by Gasteiger charge is -2.22. The van der Waals surface area contributed by atoms with Crippen LogP contribution in [0.5, 0.6) is 0 Å². The third-order valence-electron chi connectivity index (χ3n) is 2.62. The van der Waals surface area contributed by atoms with Gasteiger partial charge in [-0.05, 0) is 6.42 Å². The van der Waals surface area contributed by atoms with Gasteiger partial charge >= 0.3 is 5.97 Å². The van der Waals surface area contributed by atoms with Gasteiger partial charge in [0.25, 0.3) is 0 Å². The van der Waals surface area contributed by atoms with Gasteiger partial charge in [0.2, 0.25) is 5.95 Å². The van der Waals surface area contributed by atoms with Gasteiger partial charge in [0, 0.05) is 6.54 Å². The molecule has 0 bridgehead atoms. The van der Waals surface area contributed by atoms with Crippen molar-refractivity contribution in [2.24, 2.45) is 0 Å². The third kappa shape index (κ3) is 2.72. The van der Waals surface area contributed by atoms with Crippen molar-refractivity contribution in [3.63, 3.8) is 0 Å². The number of carbonyl (C=O) groups is 1. The van der Waals surface area contributed by atoms with E-state index >= 15 is 0 Å². The first-order chi connectivity index (χ1) is 9.15. The Labute approximate surface area is 110 Å². The van der Waals surface area contributed by atoms with Crippen molar-refractivity contribution in [1.82, 2.24) is 19.9 Å². The van der Waals surface area contributed by atoms with Gasteiger partial charge in [-0.1, -0.05) is 6.92 Å². The molecule has 0 spiro atoms. The molecule has 0 saturated heterocycles. The number of fused-ring (bicyclic) bond motifs is 1. The summed E-state index contributed by atoms with van der Waals surface area (Å²) >= 11 is 0. The second kappa shape index (κ2) is 5.51. The number of aromatic amines is 1. The van der Waals surface area contributed by atoms with E-state index in [-0.39, 0.29) is 18.5 Å². The first-order valence-corrected chi connectivity index (χ1v) is 5.94. The van der Waals surface area contributed by atoms with E-state index in [0.717, 1.165) is 6.42 Å². The molecule has 19 heavy (non-hydrogen) atoms. The number of imidazole rings is 1. The molecule has 2 aromatic rings. The van der Waals surface area contributed by atoms with E-state index in [1.165, 1.54) is 13.4 Å². The summed E-state index contributed by atoms with van der Waals surface area (Å²) in [6.07, 6.45) is 2.38. The van der Waals surface area contributed by atoms with E-state index in [9.17, 15) is 4.79 Å². The lowest BCUT2D eigenvalue weighted by molar-refractivity contribution is -0.138. The highest BCUT2D eigenvalue weighted by Crippen LogP contribution is 2.21. The van der Waals surface area contributed by atoms with E-state index < -0.39 is 0 Å². The molecule has 2 rings (SSSR count). The van der Waals surface area contributed by atoms with Crippen LogP contribution >= 0.6 is 0 Å². The molecule has 2 aromatic heterocycles. The minimum Gasteiger partial charge on any atom is -0.468 e. The van der Waals surface area contributed by atoms with E-state index in [4.69, 9.17) is 10.5 Å². The average molecular weight is 264 g/mol. The molecule has 8 nitrogen and oxygen atoms in total. The summed E-state index contributed by atoms with van der Waals surface area (Å²) in [6, 6.07) is 0. The fourth-order valence-electron chi connectivity index (χ4n) is 1.81. The standard InChI is InChI=1S/C11H16N6O2/c1-3-4-17(5-7(18)19-2)10-8-9(14-6-13-8)15-11(12)16-10/h6H,3-5H2,1-2H3,(H3,12,13,14,15,16). The monoisotopic (exact) mass is 264 g/mol. The number of aromatic nitrogens is 4. The number of carbonyl (C=O) groups excluding carboxylic acids is 1. The summed E-state index contributed by atoms with van der Waals surface area (Å²) in [5, 5.41) is 0. The molecule has 0 atom stereocenters. The fraction of sp³-hybridized carbons (Fsp3) is 0.455. The Morgan fingerprint density at radius 1 is 1.53 bits per heavy atom. The third-order valence-corrected chi connectivity index (χ3v) is 2.62. The SMILES string of the molecule is CCCN(CC(=O)OC)c1nc(N)nc2nc[nH]c12. The van der Waals surface area contributed by atoms with Crippen LogP contribution < -0.4 is 10.6 Å². The lowest BCUT2D eigenvalue weighted by Crippen LogP contribution is -2.32. The summed E-state index contributed by atoms with van der Waals surface area (Å²) in [5.41, 5.74) is 6.80. The molecular weight excluding hydrogens is 248 g/mol. The van der Waals surface area contributed by atoms with Crippen LogP contribution in [-0.4, -0.2) is 46.1 Å². The molecular formula is C11H16N6O2. The van der Waals surface area contributed by atoms with E-state index in [2.05, 4.69) is 19.9 Å². The Kier molecular flexibility index (Phi) is 3.79. The van der Waals surface area contributed by atoms with Crippen molar-refractivity contribution in [3.05, 3.63) is 6.33 Å². The van der Waals surface area contributed by atoms with Crippen LogP contribution in [0.2, 0.25) is 0 Å². The van der Waals surface area contributed by atoms with Gasteiger partial charge in [0.05, 0.1) is 13.4 Å². The number of ether oxygens (including phenoxy) is 1. The lowest BCUT2D eigenvalue weighted by atomic mass is 10.3. The van der Waals surface area contributed by atoms with Crippen LogP contribution in [-0.2, 0) is 9.53 Å². The van der Waals surface area contributed by atoms with Crippen molar-refractivity contribution in [1.29, 1.82) is 0 Å². The molecule has 0 radical (unpaired) electrons. The minimum atomic E-state index is -0.335. The fourth-order valence-corrected chi connectivity index (χ4v) is 1.81. The van der Waals surface area contributed by atoms with E-state index in [0.29, 0.717) is 23.5 Å². The quantitative estimate of drug-likeness (QED) is 0.748. The van der Waals surface area contributed by atoms with Crippen molar-refractivity contribution < 1.29 is 9.53 Å². The highest BCUT2D eigenvalue weighted by molar-refractivity contribution is 5.86. The highest BCUT2D eigenvalue weighted by Gasteiger charge is 2.18. The van der Waals surface area contributed by atoms with Crippen molar-refractivity contribution in [3.8, 4) is 0 Å². The number of anilines is 2. The number of hydrogen-bond donors (Lipinski definition) is 2. The molecule has 0 saturated carbocycles. The van der Waals surface area contributed by atoms with Gasteiger partial charge in [0.1, 0.15) is 12.1 Å². The Morgan fingerprint density at radius 2 is 2.32 bits per heavy atom. The topological polar surface area (TPSA) is 110 Å². The van der Waals surface area contributed by atoms with Gasteiger partial charge in [-0.15, -0.1) is 0 Å². The Morgan fingerprint density at radius 3 is 3.00 bits per heavy atom. The number of nitrogens with one attached hydrogen (secondary N) is 1. The molecule has 0 unspecified atom stereocenters. The van der Waals surface area contributed by atoms with Crippen molar-refractivity contribution in [2.45, 2.75) is 13.3 Å². The first-order valence-electron chi connectivity index (χ1n) is 5.94. The number of esters is 1. The van der Waals surface area contributed by atoms with Crippen LogP contribution in [0.3, 0.4) is 0 Å². The zero-order valence-corrected chi connectivity index (χ0v) is 10.9. The highest BCUT2D eigenvalue weighted by atomic mass is 16.5. The van der Waals surface area contributed by atoms with Crippen LogP contribution in [0, 0.1) is 0 Å². The number of methoxy groups -OCH3 is 1. The Balaban J connectivity index is 2.42. The molecule has 3 N–H and O–H groups in total. The molecule has 0 fully saturated rings. The first kappa shape index (κ1) is 13.1. The normalized spacial score (nSPS) is 10.6. The van der Waals surface area contributed by atoms with Gasteiger partial charge in [-0.25, -0.2) is 4.98 Å². The summed E-state index contributed by atoms with van der Waals surface area (Å²) in [4.78, 5) is 28.5. The summed E-state index contributed by atoms with van der Waals surface area (Å²) < 4.78 is 4.69. The molecule has 0 aliphatic carbocycles. The van der Waals surface area contributed by atoms with Crippen LogP contribution in [0.25, 0.3) is 11.2 Å². The maximum Gasteiger partial charge on any atom is 0.325 e. The van der Waals surface area contributed by atoms with Crippen LogP contribution in [0.4, 0.5) is 11.8 Å². The zero-order chi connectivity index (χ0) is 13.8. The minimum absolute atomic E-state index is 0.106. The van der Waals surface area contributed by atoms with Gasteiger partial charge in [0.15, 0.2) is 11.5 Å². The molecule has 0 aliphatic rings. The maximum atomic E-state index is 11.5. The predicted octanol–water partition coefficient (Wildman–Crippen LogP) is 0.324. The second-order valence-corrected chi connectivity index (χ2v) is 4.00. The van der Waals surface area contributed by atoms with Gasteiger partial charge in [-0.2, -0.15) is 9.97 Å². The number of H-pyrrole nitrogens is 1. The number of nitrogens with two attached hydrogens (primary N) is 1. The summed E-state index contributed by atoms with van der Waals surface area (Å²) in [5.74, 6) is 0.353. The number of nitrogen functional groups attached to an aromatic ring is 1. The summed E-state index contributed by atoms with van der Waals surface area (Å²) in [7, 11) is 1.35. The van der Waals surface area contributed by atoms with Crippen molar-refractivity contribution >= 4 is 28.9 Å². The predicted molar refractivity (Wildman–Crippen MR) is 70.6 cm³/mol. The maximum absolute atomic E-state index is 11.5. The summed E-state index contributed by atoms with van der Waals surface area (Å²) in [6.45, 7) is 2.77.